The molecule has 3 rings (SSSR count). The second kappa shape index (κ2) is 5.63. The van der Waals surface area contributed by atoms with Crippen LogP contribution >= 0.6 is 0 Å². The molecular formula is C16H16N2O4. The maximum absolute atomic E-state index is 12.1. The van der Waals surface area contributed by atoms with Gasteiger partial charge in [-0.25, -0.2) is 4.79 Å². The first-order valence-corrected chi connectivity index (χ1v) is 7.18. The fraction of sp³-hybridized carbons (Fsp3) is 0.312. The Hall–Kier alpha value is -2.63. The van der Waals surface area contributed by atoms with Crippen LogP contribution < -0.4 is 5.32 Å². The van der Waals surface area contributed by atoms with Crippen LogP contribution in [0.1, 0.15) is 18.4 Å². The summed E-state index contributed by atoms with van der Waals surface area (Å²) in [5.41, 5.74) is 0.896. The predicted octanol–water partition coefficient (Wildman–Crippen LogP) is 0.687. The molecule has 0 spiro atoms. The molecule has 6 nitrogen and oxygen atoms in total. The molecule has 0 aliphatic carbocycles. The SMILES string of the molecule is O=C(Cc1ccccc1)NC1C(=O)N2C(C(=O)O)=CCCC12. The van der Waals surface area contributed by atoms with E-state index in [1.54, 1.807) is 6.08 Å². The zero-order valence-electron chi connectivity index (χ0n) is 11.9. The molecule has 1 fully saturated rings. The lowest BCUT2D eigenvalue weighted by atomic mass is 9.86. The third kappa shape index (κ3) is 2.47. The summed E-state index contributed by atoms with van der Waals surface area (Å²) in [5, 5.41) is 11.8. The lowest BCUT2D eigenvalue weighted by Gasteiger charge is -2.49. The number of carboxylic acid groups (broad SMARTS) is 1. The van der Waals surface area contributed by atoms with Gasteiger partial charge in [0.1, 0.15) is 11.7 Å². The van der Waals surface area contributed by atoms with Gasteiger partial charge in [-0.2, -0.15) is 0 Å². The number of benzene rings is 1. The molecule has 1 saturated heterocycles. The summed E-state index contributed by atoms with van der Waals surface area (Å²) in [4.78, 5) is 36.5. The van der Waals surface area contributed by atoms with Crippen LogP contribution in [0.25, 0.3) is 0 Å². The van der Waals surface area contributed by atoms with Crippen LogP contribution in [0, 0.1) is 0 Å². The standard InChI is InChI=1S/C16H16N2O4/c19-13(9-10-5-2-1-3-6-10)17-14-11-7-4-8-12(16(21)22)18(11)15(14)20/h1-3,5-6,8,11,14H,4,7,9H2,(H,17,19)(H,21,22). The zero-order chi connectivity index (χ0) is 15.7. The van der Waals surface area contributed by atoms with Crippen LogP contribution in [0.2, 0.25) is 0 Å². The fourth-order valence-corrected chi connectivity index (χ4v) is 2.98. The molecule has 2 N–H and O–H groups in total. The number of amides is 2. The van der Waals surface area contributed by atoms with E-state index < -0.39 is 12.0 Å². The van der Waals surface area contributed by atoms with Crippen LogP contribution in [0.4, 0.5) is 0 Å². The van der Waals surface area contributed by atoms with E-state index in [2.05, 4.69) is 5.32 Å². The number of rotatable bonds is 4. The topological polar surface area (TPSA) is 86.7 Å². The molecule has 6 heteroatoms. The highest BCUT2D eigenvalue weighted by Gasteiger charge is 2.51. The highest BCUT2D eigenvalue weighted by Crippen LogP contribution is 2.33. The minimum Gasteiger partial charge on any atom is -0.477 e. The average molecular weight is 300 g/mol. The Kier molecular flexibility index (Phi) is 3.66. The first kappa shape index (κ1) is 14.3. The van der Waals surface area contributed by atoms with Gasteiger partial charge in [0.15, 0.2) is 0 Å². The van der Waals surface area contributed by atoms with Crippen LogP contribution in [0.3, 0.4) is 0 Å². The summed E-state index contributed by atoms with van der Waals surface area (Å²) in [7, 11) is 0. The molecule has 2 heterocycles. The molecular weight excluding hydrogens is 284 g/mol. The molecule has 0 saturated carbocycles. The molecule has 2 amide bonds. The van der Waals surface area contributed by atoms with E-state index in [1.807, 2.05) is 30.3 Å². The summed E-state index contributed by atoms with van der Waals surface area (Å²) in [6, 6.07) is 8.41. The third-order valence-electron chi connectivity index (χ3n) is 4.02. The van der Waals surface area contributed by atoms with Gasteiger partial charge in [0.2, 0.25) is 5.91 Å². The van der Waals surface area contributed by atoms with Crippen LogP contribution in [0.5, 0.6) is 0 Å². The summed E-state index contributed by atoms with van der Waals surface area (Å²) in [5.74, 6) is -1.68. The number of nitrogens with one attached hydrogen (secondary N) is 1. The quantitative estimate of drug-likeness (QED) is 0.801. The second-order valence-corrected chi connectivity index (χ2v) is 5.46. The van der Waals surface area contributed by atoms with E-state index in [-0.39, 0.29) is 30.0 Å². The second-order valence-electron chi connectivity index (χ2n) is 5.46. The average Bonchev–Trinajstić information content (AvgIpc) is 2.52. The van der Waals surface area contributed by atoms with Gasteiger partial charge in [0, 0.05) is 0 Å². The lowest BCUT2D eigenvalue weighted by Crippen LogP contribution is -2.71. The van der Waals surface area contributed by atoms with Gasteiger partial charge >= 0.3 is 5.97 Å². The largest absolute Gasteiger partial charge is 0.477 e. The van der Waals surface area contributed by atoms with Crippen molar-refractivity contribution in [2.45, 2.75) is 31.3 Å². The van der Waals surface area contributed by atoms with E-state index in [0.29, 0.717) is 12.8 Å². The predicted molar refractivity (Wildman–Crippen MR) is 77.7 cm³/mol. The van der Waals surface area contributed by atoms with Crippen molar-refractivity contribution in [2.75, 3.05) is 0 Å². The number of β-lactam (4-membered cyclic amide) rings is 1. The van der Waals surface area contributed by atoms with E-state index in [1.165, 1.54) is 4.90 Å². The lowest BCUT2D eigenvalue weighted by molar-refractivity contribution is -0.155. The highest BCUT2D eigenvalue weighted by atomic mass is 16.4. The van der Waals surface area contributed by atoms with Crippen molar-refractivity contribution in [1.29, 1.82) is 0 Å². The number of allylic oxidation sites excluding steroid dienone is 1. The van der Waals surface area contributed by atoms with Gasteiger partial charge < -0.3 is 10.4 Å². The number of aliphatic carboxylic acids is 1. The summed E-state index contributed by atoms with van der Waals surface area (Å²) >= 11 is 0. The minimum absolute atomic E-state index is 0.0230. The fourth-order valence-electron chi connectivity index (χ4n) is 2.98. The molecule has 0 bridgehead atoms. The van der Waals surface area contributed by atoms with E-state index in [0.717, 1.165) is 5.56 Å². The molecule has 2 atom stereocenters. The van der Waals surface area contributed by atoms with Crippen molar-refractivity contribution < 1.29 is 19.5 Å². The van der Waals surface area contributed by atoms with Gasteiger partial charge in [-0.1, -0.05) is 36.4 Å². The number of hydrogen-bond acceptors (Lipinski definition) is 3. The normalized spacial score (nSPS) is 23.2. The van der Waals surface area contributed by atoms with Gasteiger partial charge in [-0.05, 0) is 18.4 Å². The maximum Gasteiger partial charge on any atom is 0.352 e. The summed E-state index contributed by atoms with van der Waals surface area (Å²) in [6.45, 7) is 0. The Morgan fingerprint density at radius 3 is 2.68 bits per heavy atom. The van der Waals surface area contributed by atoms with Crippen molar-refractivity contribution in [2.24, 2.45) is 0 Å². The van der Waals surface area contributed by atoms with Crippen LogP contribution in [-0.2, 0) is 20.8 Å². The van der Waals surface area contributed by atoms with E-state index in [9.17, 15) is 14.4 Å². The van der Waals surface area contributed by atoms with Gasteiger partial charge in [-0.3, -0.25) is 14.5 Å². The van der Waals surface area contributed by atoms with Crippen LogP contribution in [-0.4, -0.2) is 39.9 Å². The first-order chi connectivity index (χ1) is 10.6. The van der Waals surface area contributed by atoms with Crippen molar-refractivity contribution in [3.8, 4) is 0 Å². The van der Waals surface area contributed by atoms with Gasteiger partial charge in [-0.15, -0.1) is 0 Å². The van der Waals surface area contributed by atoms with Crippen LogP contribution in [0.15, 0.2) is 42.1 Å². The van der Waals surface area contributed by atoms with Gasteiger partial charge in [0.05, 0.1) is 12.5 Å². The molecule has 2 aliphatic rings. The Bertz CT molecular complexity index is 653. The monoisotopic (exact) mass is 300 g/mol. The maximum atomic E-state index is 12.1. The number of hydrogen-bond donors (Lipinski definition) is 2. The van der Waals surface area contributed by atoms with Crippen molar-refractivity contribution in [3.63, 3.8) is 0 Å². The Balaban J connectivity index is 1.63. The number of carbonyl (C=O) groups excluding carboxylic acids is 2. The molecule has 1 aromatic rings. The molecule has 2 aliphatic heterocycles. The van der Waals surface area contributed by atoms with E-state index in [4.69, 9.17) is 5.11 Å². The first-order valence-electron chi connectivity index (χ1n) is 7.18. The molecule has 0 aromatic heterocycles. The van der Waals surface area contributed by atoms with E-state index >= 15 is 0 Å². The number of fused-ring (bicyclic) bond motifs is 1. The van der Waals surface area contributed by atoms with Crippen molar-refractivity contribution >= 4 is 17.8 Å². The molecule has 22 heavy (non-hydrogen) atoms. The molecule has 2 unspecified atom stereocenters. The Morgan fingerprint density at radius 2 is 2.00 bits per heavy atom. The number of carboxylic acids is 1. The molecule has 0 radical (unpaired) electrons. The van der Waals surface area contributed by atoms with Crippen molar-refractivity contribution in [3.05, 3.63) is 47.7 Å². The number of nitrogens with zero attached hydrogens (tertiary/aromatic N) is 1. The Morgan fingerprint density at radius 1 is 1.27 bits per heavy atom. The van der Waals surface area contributed by atoms with Gasteiger partial charge in [0.25, 0.3) is 5.91 Å². The molecule has 114 valence electrons. The minimum atomic E-state index is -1.10. The summed E-state index contributed by atoms with van der Waals surface area (Å²) in [6.07, 6.45) is 3.03. The summed E-state index contributed by atoms with van der Waals surface area (Å²) < 4.78 is 0. The molecule has 1 aromatic carbocycles. The van der Waals surface area contributed by atoms with Crippen molar-refractivity contribution in [1.82, 2.24) is 10.2 Å². The smallest absolute Gasteiger partial charge is 0.352 e. The Labute approximate surface area is 127 Å². The highest BCUT2D eigenvalue weighted by molar-refractivity contribution is 6.01. The zero-order valence-corrected chi connectivity index (χ0v) is 11.9. The third-order valence-corrected chi connectivity index (χ3v) is 4.02. The number of carbonyl (C=O) groups is 3.